The van der Waals surface area contributed by atoms with Crippen LogP contribution in [0.15, 0.2) is 52.3 Å². The molecule has 0 bridgehead atoms. The molecule has 1 amide bonds. The first-order valence-electron chi connectivity index (χ1n) is 8.58. The van der Waals surface area contributed by atoms with Crippen LogP contribution < -0.4 is 0 Å². The minimum Gasteiger partial charge on any atom is -0.459 e. The predicted octanol–water partition coefficient (Wildman–Crippen LogP) is 4.56. The van der Waals surface area contributed by atoms with E-state index in [9.17, 15) is 4.79 Å². The molecule has 0 saturated carbocycles. The molecule has 0 spiro atoms. The molecule has 1 aromatic carbocycles. The summed E-state index contributed by atoms with van der Waals surface area (Å²) in [5, 5.41) is 2.60. The largest absolute Gasteiger partial charge is 0.459 e. The Hall–Kier alpha value is -2.40. The highest BCUT2D eigenvalue weighted by Crippen LogP contribution is 2.28. The van der Waals surface area contributed by atoms with Crippen molar-refractivity contribution in [2.24, 2.45) is 0 Å². The number of amides is 1. The molecule has 1 aliphatic rings. The van der Waals surface area contributed by atoms with Crippen molar-refractivity contribution in [3.63, 3.8) is 0 Å². The Labute approximate surface area is 151 Å². The maximum atomic E-state index is 12.9. The van der Waals surface area contributed by atoms with Crippen LogP contribution in [0.4, 0.5) is 0 Å². The maximum absolute atomic E-state index is 12.9. The molecule has 25 heavy (non-hydrogen) atoms. The number of carbonyl (C=O) groups excluding carboxylic acids is 1. The first-order valence-corrected chi connectivity index (χ1v) is 9.46. The highest BCUT2D eigenvalue weighted by Gasteiger charge is 2.30. The smallest absolute Gasteiger partial charge is 0.273 e. The quantitative estimate of drug-likeness (QED) is 0.691. The number of hydrogen-bond donors (Lipinski definition) is 0. The second kappa shape index (κ2) is 6.84. The molecule has 1 fully saturated rings. The molecule has 4 rings (SSSR count). The fourth-order valence-corrected chi connectivity index (χ4v) is 4.14. The van der Waals surface area contributed by atoms with Crippen molar-refractivity contribution in [2.45, 2.75) is 32.2 Å². The zero-order chi connectivity index (χ0) is 17.2. The van der Waals surface area contributed by atoms with E-state index in [1.807, 2.05) is 35.4 Å². The van der Waals surface area contributed by atoms with Crippen molar-refractivity contribution in [3.8, 4) is 10.8 Å². The third kappa shape index (κ3) is 3.37. The molecule has 4 nitrogen and oxygen atoms in total. The highest BCUT2D eigenvalue weighted by atomic mass is 32.1. The van der Waals surface area contributed by atoms with E-state index in [0.717, 1.165) is 42.3 Å². The third-order valence-corrected chi connectivity index (χ3v) is 5.48. The van der Waals surface area contributed by atoms with Gasteiger partial charge < -0.3 is 9.32 Å². The molecule has 5 heteroatoms. The normalized spacial score (nSPS) is 17.2. The Morgan fingerprint density at radius 2 is 2.12 bits per heavy atom. The third-order valence-electron chi connectivity index (χ3n) is 4.63. The molecule has 3 heterocycles. The van der Waals surface area contributed by atoms with Gasteiger partial charge in [-0.1, -0.05) is 30.3 Å². The Morgan fingerprint density at radius 3 is 2.88 bits per heavy atom. The van der Waals surface area contributed by atoms with Gasteiger partial charge in [-0.05, 0) is 43.9 Å². The van der Waals surface area contributed by atoms with Crippen LogP contribution in [0.1, 0.15) is 34.7 Å². The summed E-state index contributed by atoms with van der Waals surface area (Å²) < 4.78 is 5.61. The zero-order valence-corrected chi connectivity index (χ0v) is 15.0. The molecule has 2 aromatic heterocycles. The molecule has 0 aliphatic carbocycles. The van der Waals surface area contributed by atoms with Gasteiger partial charge in [-0.2, -0.15) is 0 Å². The lowest BCUT2D eigenvalue weighted by Gasteiger charge is -2.24. The van der Waals surface area contributed by atoms with Gasteiger partial charge >= 0.3 is 0 Å². The summed E-state index contributed by atoms with van der Waals surface area (Å²) in [6.07, 6.45) is 3.01. The van der Waals surface area contributed by atoms with Crippen LogP contribution in [-0.4, -0.2) is 28.4 Å². The molecule has 1 unspecified atom stereocenters. The number of thiazole rings is 1. The van der Waals surface area contributed by atoms with E-state index in [1.165, 1.54) is 16.9 Å². The van der Waals surface area contributed by atoms with Gasteiger partial charge in [-0.3, -0.25) is 4.79 Å². The summed E-state index contributed by atoms with van der Waals surface area (Å²) in [6.45, 7) is 2.71. The number of nitrogens with zero attached hydrogens (tertiary/aromatic N) is 2. The van der Waals surface area contributed by atoms with Gasteiger partial charge in [0.25, 0.3) is 5.91 Å². The average Bonchev–Trinajstić information content (AvgIpc) is 3.35. The molecule has 3 aromatic rings. The summed E-state index contributed by atoms with van der Waals surface area (Å²) in [6, 6.07) is 14.4. The van der Waals surface area contributed by atoms with Gasteiger partial charge in [0.15, 0.2) is 10.8 Å². The standard InChI is InChI=1S/C20H20N2O2S/c1-14-9-10-18(24-14)19-21-17(13-25-19)20(23)22-11-5-8-16(22)12-15-6-3-2-4-7-15/h2-4,6-7,9-10,13,16H,5,8,11-12H2,1H3. The summed E-state index contributed by atoms with van der Waals surface area (Å²) >= 11 is 1.46. The second-order valence-electron chi connectivity index (χ2n) is 6.43. The van der Waals surface area contributed by atoms with Gasteiger partial charge in [0, 0.05) is 18.0 Å². The minimum absolute atomic E-state index is 0.0317. The molecule has 1 aliphatic heterocycles. The first kappa shape index (κ1) is 16.1. The van der Waals surface area contributed by atoms with Crippen molar-refractivity contribution in [1.82, 2.24) is 9.88 Å². The van der Waals surface area contributed by atoms with Crippen LogP contribution in [0.5, 0.6) is 0 Å². The fraction of sp³-hybridized carbons (Fsp3) is 0.300. The molecular formula is C20H20N2O2S. The second-order valence-corrected chi connectivity index (χ2v) is 7.29. The van der Waals surface area contributed by atoms with Gasteiger partial charge in [0.1, 0.15) is 11.5 Å². The van der Waals surface area contributed by atoms with Crippen LogP contribution in [0, 0.1) is 6.92 Å². The Kier molecular flexibility index (Phi) is 4.40. The monoisotopic (exact) mass is 352 g/mol. The number of likely N-dealkylation sites (tertiary alicyclic amines) is 1. The van der Waals surface area contributed by atoms with Gasteiger partial charge in [-0.25, -0.2) is 4.98 Å². The van der Waals surface area contributed by atoms with Crippen molar-refractivity contribution in [2.75, 3.05) is 6.54 Å². The highest BCUT2D eigenvalue weighted by molar-refractivity contribution is 7.13. The number of rotatable bonds is 4. The number of benzene rings is 1. The topological polar surface area (TPSA) is 46.3 Å². The van der Waals surface area contributed by atoms with Crippen molar-refractivity contribution in [3.05, 3.63) is 64.9 Å². The van der Waals surface area contributed by atoms with Crippen molar-refractivity contribution < 1.29 is 9.21 Å². The average molecular weight is 352 g/mol. The summed E-state index contributed by atoms with van der Waals surface area (Å²) in [4.78, 5) is 19.4. The summed E-state index contributed by atoms with van der Waals surface area (Å²) in [5.74, 6) is 1.61. The van der Waals surface area contributed by atoms with E-state index in [4.69, 9.17) is 4.42 Å². The fourth-order valence-electron chi connectivity index (χ4n) is 3.38. The SMILES string of the molecule is Cc1ccc(-c2nc(C(=O)N3CCCC3Cc3ccccc3)cs2)o1. The van der Waals surface area contributed by atoms with Gasteiger partial charge in [0.2, 0.25) is 0 Å². The van der Waals surface area contributed by atoms with E-state index in [2.05, 4.69) is 29.2 Å². The first-order chi connectivity index (χ1) is 12.2. The number of hydrogen-bond acceptors (Lipinski definition) is 4. The van der Waals surface area contributed by atoms with Crippen LogP contribution in [0.3, 0.4) is 0 Å². The zero-order valence-electron chi connectivity index (χ0n) is 14.1. The van der Waals surface area contributed by atoms with E-state index in [-0.39, 0.29) is 11.9 Å². The van der Waals surface area contributed by atoms with E-state index in [1.54, 1.807) is 0 Å². The lowest BCUT2D eigenvalue weighted by molar-refractivity contribution is 0.0731. The van der Waals surface area contributed by atoms with Gasteiger partial charge in [-0.15, -0.1) is 11.3 Å². The molecule has 128 valence electrons. The van der Waals surface area contributed by atoms with Crippen molar-refractivity contribution in [1.29, 1.82) is 0 Å². The summed E-state index contributed by atoms with van der Waals surface area (Å²) in [5.41, 5.74) is 1.80. The number of aryl methyl sites for hydroxylation is 1. The van der Waals surface area contributed by atoms with E-state index >= 15 is 0 Å². The molecule has 1 saturated heterocycles. The lowest BCUT2D eigenvalue weighted by Crippen LogP contribution is -2.37. The molecule has 0 radical (unpaired) electrons. The molecular weight excluding hydrogens is 332 g/mol. The Morgan fingerprint density at radius 1 is 1.28 bits per heavy atom. The summed E-state index contributed by atoms with van der Waals surface area (Å²) in [7, 11) is 0. The van der Waals surface area contributed by atoms with Crippen molar-refractivity contribution >= 4 is 17.2 Å². The van der Waals surface area contributed by atoms with Crippen LogP contribution in [0.25, 0.3) is 10.8 Å². The maximum Gasteiger partial charge on any atom is 0.273 e. The van der Waals surface area contributed by atoms with Crippen LogP contribution >= 0.6 is 11.3 Å². The number of furan rings is 1. The predicted molar refractivity (Wildman–Crippen MR) is 98.8 cm³/mol. The molecule has 0 N–H and O–H groups in total. The lowest BCUT2D eigenvalue weighted by atomic mass is 10.0. The Balaban J connectivity index is 1.51. The van der Waals surface area contributed by atoms with Gasteiger partial charge in [0.05, 0.1) is 0 Å². The van der Waals surface area contributed by atoms with E-state index < -0.39 is 0 Å². The number of carbonyl (C=O) groups is 1. The van der Waals surface area contributed by atoms with E-state index in [0.29, 0.717) is 5.69 Å². The van der Waals surface area contributed by atoms with Crippen LogP contribution in [0.2, 0.25) is 0 Å². The number of aromatic nitrogens is 1. The Bertz CT molecular complexity index is 869. The minimum atomic E-state index is 0.0317. The van der Waals surface area contributed by atoms with Crippen LogP contribution in [-0.2, 0) is 6.42 Å². The molecule has 1 atom stereocenters.